The van der Waals surface area contributed by atoms with E-state index in [1.54, 1.807) is 38.1 Å². The van der Waals surface area contributed by atoms with Crippen LogP contribution in [0.4, 0.5) is 0 Å². The lowest BCUT2D eigenvalue weighted by Gasteiger charge is -2.27. The number of aromatic hydroxyl groups is 2. The number of hydrogen-bond donors (Lipinski definition) is 9. The monoisotopic (exact) mass is 656 g/mol. The van der Waals surface area contributed by atoms with Gasteiger partial charge in [-0.3, -0.25) is 19.2 Å². The Balaban J connectivity index is 1.97. The van der Waals surface area contributed by atoms with E-state index in [2.05, 4.69) is 16.0 Å². The third kappa shape index (κ3) is 13.2. The summed E-state index contributed by atoms with van der Waals surface area (Å²) in [4.78, 5) is 52.4. The molecule has 0 aliphatic heterocycles. The summed E-state index contributed by atoms with van der Waals surface area (Å²) in [6.07, 6.45) is 1.95. The van der Waals surface area contributed by atoms with Crippen LogP contribution in [0, 0.1) is 6.92 Å². The molecule has 4 amide bonds. The minimum atomic E-state index is -1.08. The average molecular weight is 657 g/mol. The first-order valence-corrected chi connectivity index (χ1v) is 16.1. The van der Waals surface area contributed by atoms with Gasteiger partial charge in [0.15, 0.2) is 0 Å². The van der Waals surface area contributed by atoms with Gasteiger partial charge >= 0.3 is 0 Å². The predicted molar refractivity (Wildman–Crippen MR) is 181 cm³/mol. The molecule has 0 radical (unpaired) electrons. The zero-order valence-electron chi connectivity index (χ0n) is 27.5. The molecule has 13 N–H and O–H groups in total. The van der Waals surface area contributed by atoms with Crippen LogP contribution >= 0.6 is 0 Å². The van der Waals surface area contributed by atoms with Crippen molar-refractivity contribution in [3.05, 3.63) is 47.5 Å². The molecule has 3 atom stereocenters. The highest BCUT2D eigenvalue weighted by Crippen LogP contribution is 2.29. The van der Waals surface area contributed by atoms with Crippen LogP contribution in [-0.4, -0.2) is 96.1 Å². The molecule has 260 valence electrons. The van der Waals surface area contributed by atoms with E-state index >= 15 is 0 Å². The highest BCUT2D eigenvalue weighted by atomic mass is 16.3. The molecule has 0 bridgehead atoms. The van der Waals surface area contributed by atoms with Gasteiger partial charge in [-0.1, -0.05) is 12.1 Å². The van der Waals surface area contributed by atoms with E-state index in [1.807, 2.05) is 6.07 Å². The van der Waals surface area contributed by atoms with Crippen molar-refractivity contribution in [2.24, 2.45) is 22.9 Å². The third-order valence-corrected chi connectivity index (χ3v) is 7.71. The van der Waals surface area contributed by atoms with Crippen molar-refractivity contribution < 1.29 is 29.4 Å². The average Bonchev–Trinajstić information content (AvgIpc) is 3.04. The fourth-order valence-corrected chi connectivity index (χ4v) is 4.96. The molecule has 0 heterocycles. The van der Waals surface area contributed by atoms with Crippen LogP contribution in [0.15, 0.2) is 36.4 Å². The van der Waals surface area contributed by atoms with Gasteiger partial charge in [-0.25, -0.2) is 0 Å². The van der Waals surface area contributed by atoms with E-state index in [1.165, 1.54) is 11.0 Å². The van der Waals surface area contributed by atoms with Crippen molar-refractivity contribution in [2.75, 3.05) is 39.3 Å². The number of nitrogens with zero attached hydrogens (tertiary/aromatic N) is 1. The quantitative estimate of drug-likeness (QED) is 0.0842. The molecule has 0 unspecified atom stereocenters. The Hall–Kier alpha value is -4.24. The summed E-state index contributed by atoms with van der Waals surface area (Å²) in [6.45, 7) is 4.90. The smallest absolute Gasteiger partial charge is 0.245 e. The van der Waals surface area contributed by atoms with Gasteiger partial charge in [-0.2, -0.15) is 0 Å². The van der Waals surface area contributed by atoms with Crippen LogP contribution in [-0.2, 0) is 25.6 Å². The summed E-state index contributed by atoms with van der Waals surface area (Å²) >= 11 is 0. The number of nitrogens with two attached hydrogens (primary N) is 4. The normalized spacial score (nSPS) is 12.9. The fraction of sp³-hybridized carbons (Fsp3) is 0.515. The van der Waals surface area contributed by atoms with Crippen molar-refractivity contribution in [1.29, 1.82) is 0 Å². The summed E-state index contributed by atoms with van der Waals surface area (Å²) < 4.78 is 0. The van der Waals surface area contributed by atoms with Gasteiger partial charge in [0, 0.05) is 45.1 Å². The van der Waals surface area contributed by atoms with E-state index in [9.17, 15) is 29.4 Å². The molecule has 0 aromatic heterocycles. The number of phenols is 2. The van der Waals surface area contributed by atoms with Crippen LogP contribution in [0.2, 0.25) is 0 Å². The highest BCUT2D eigenvalue weighted by Gasteiger charge is 2.28. The summed E-state index contributed by atoms with van der Waals surface area (Å²) in [5.74, 6) is -1.41. The Labute approximate surface area is 276 Å². The summed E-state index contributed by atoms with van der Waals surface area (Å²) in [5, 5.41) is 28.5. The number of hydrogen-bond acceptors (Lipinski definition) is 10. The maximum absolute atomic E-state index is 13.5. The SMILES string of the molecule is CCN(CC(=O)NCCC[C@H](N)CC(=O)NCCN)C(=O)[C@H](CCCN)NC(=O)[C@@H](N)Cc1cc(-c2ccc(O)c(C)c2)ccc1O. The van der Waals surface area contributed by atoms with Crippen LogP contribution in [0.5, 0.6) is 11.5 Å². The molecule has 0 saturated carbocycles. The molecular formula is C33H52N8O6. The second kappa shape index (κ2) is 20.1. The minimum Gasteiger partial charge on any atom is -0.508 e. The Bertz CT molecular complexity index is 1340. The molecule has 14 nitrogen and oxygen atoms in total. The maximum atomic E-state index is 13.5. The number of rotatable bonds is 20. The van der Waals surface area contributed by atoms with Crippen molar-refractivity contribution in [1.82, 2.24) is 20.9 Å². The Morgan fingerprint density at radius 3 is 2.15 bits per heavy atom. The molecule has 0 aliphatic rings. The van der Waals surface area contributed by atoms with Gasteiger partial charge < -0.3 is 54.0 Å². The molecule has 14 heteroatoms. The van der Waals surface area contributed by atoms with Crippen molar-refractivity contribution >= 4 is 23.6 Å². The second-order valence-electron chi connectivity index (χ2n) is 11.6. The molecule has 0 spiro atoms. The van der Waals surface area contributed by atoms with Crippen molar-refractivity contribution in [2.45, 2.75) is 70.5 Å². The lowest BCUT2D eigenvalue weighted by Crippen LogP contribution is -2.54. The standard InChI is InChI=1S/C33H52N8O6/c1-3-41(20-31(45)38-14-5-6-25(36)19-30(44)39-15-13-35)33(47)27(7-4-12-34)40-32(46)26(37)18-24-17-23(9-11-29(24)43)22-8-10-28(42)21(2)16-22/h8-11,16-17,25-27,42-43H,3-7,12-15,18-20,34-37H2,1-2H3,(H,38,45)(H,39,44)(H,40,46)/t25-,26-,27-/m0/s1. The largest absolute Gasteiger partial charge is 0.508 e. The first-order chi connectivity index (χ1) is 22.4. The lowest BCUT2D eigenvalue weighted by atomic mass is 9.97. The number of carbonyl (C=O) groups excluding carboxylic acids is 4. The number of aryl methyl sites for hydroxylation is 1. The number of amides is 4. The molecular weight excluding hydrogens is 604 g/mol. The lowest BCUT2D eigenvalue weighted by molar-refractivity contribution is -0.139. The molecule has 47 heavy (non-hydrogen) atoms. The zero-order chi connectivity index (χ0) is 34.9. The van der Waals surface area contributed by atoms with Gasteiger partial charge in [0.05, 0.1) is 12.6 Å². The number of nitrogens with one attached hydrogen (secondary N) is 3. The van der Waals surface area contributed by atoms with Crippen LogP contribution < -0.4 is 38.9 Å². The second-order valence-corrected chi connectivity index (χ2v) is 11.6. The van der Waals surface area contributed by atoms with Gasteiger partial charge in [0.2, 0.25) is 23.6 Å². The molecule has 0 fully saturated rings. The third-order valence-electron chi connectivity index (χ3n) is 7.71. The van der Waals surface area contributed by atoms with Gasteiger partial charge in [0.1, 0.15) is 17.5 Å². The van der Waals surface area contributed by atoms with E-state index in [0.717, 1.165) is 11.1 Å². The zero-order valence-corrected chi connectivity index (χ0v) is 27.5. The van der Waals surface area contributed by atoms with Crippen molar-refractivity contribution in [3.8, 4) is 22.6 Å². The fourth-order valence-electron chi connectivity index (χ4n) is 4.96. The number of benzene rings is 2. The van der Waals surface area contributed by atoms with Gasteiger partial charge in [0.25, 0.3) is 0 Å². The summed E-state index contributed by atoms with van der Waals surface area (Å²) in [6, 6.07) is 7.75. The van der Waals surface area contributed by atoms with Crippen LogP contribution in [0.25, 0.3) is 11.1 Å². The van der Waals surface area contributed by atoms with E-state index < -0.39 is 23.9 Å². The first-order valence-electron chi connectivity index (χ1n) is 16.1. The maximum Gasteiger partial charge on any atom is 0.245 e. The molecule has 2 aromatic rings. The number of likely N-dealkylation sites (N-methyl/N-ethyl adjacent to an activating group) is 1. The van der Waals surface area contributed by atoms with E-state index in [-0.39, 0.29) is 61.7 Å². The van der Waals surface area contributed by atoms with E-state index in [4.69, 9.17) is 22.9 Å². The number of phenolic OH excluding ortho intramolecular Hbond substituents is 2. The van der Waals surface area contributed by atoms with Gasteiger partial charge in [-0.05, 0) is 92.6 Å². The van der Waals surface area contributed by atoms with Crippen LogP contribution in [0.1, 0.15) is 50.2 Å². The molecule has 0 aliphatic carbocycles. The topological polar surface area (TPSA) is 252 Å². The Morgan fingerprint density at radius 2 is 1.51 bits per heavy atom. The predicted octanol–water partition coefficient (Wildman–Crippen LogP) is -0.296. The van der Waals surface area contributed by atoms with E-state index in [0.29, 0.717) is 56.6 Å². The first kappa shape index (κ1) is 38.9. The van der Waals surface area contributed by atoms with Crippen molar-refractivity contribution in [3.63, 3.8) is 0 Å². The minimum absolute atomic E-state index is 0.00228. The Kier molecular flexibility index (Phi) is 16.6. The van der Waals surface area contributed by atoms with Gasteiger partial charge in [-0.15, -0.1) is 0 Å². The highest BCUT2D eigenvalue weighted by molar-refractivity contribution is 5.92. The number of carbonyl (C=O) groups is 4. The van der Waals surface area contributed by atoms with Crippen LogP contribution in [0.3, 0.4) is 0 Å². The summed E-state index contributed by atoms with van der Waals surface area (Å²) in [7, 11) is 0. The molecule has 0 saturated heterocycles. The summed E-state index contributed by atoms with van der Waals surface area (Å²) in [5.41, 5.74) is 26.0. The molecule has 2 rings (SSSR count). The Morgan fingerprint density at radius 1 is 0.851 bits per heavy atom. The molecule has 2 aromatic carbocycles.